The van der Waals surface area contributed by atoms with E-state index in [1.54, 1.807) is 0 Å². The number of nitrogens with zero attached hydrogens (tertiary/aromatic N) is 1. The van der Waals surface area contributed by atoms with Gasteiger partial charge in [-0.15, -0.1) is 0 Å². The summed E-state index contributed by atoms with van der Waals surface area (Å²) in [6, 6.07) is 12.7. The van der Waals surface area contributed by atoms with E-state index in [4.69, 9.17) is 4.99 Å². The van der Waals surface area contributed by atoms with E-state index in [9.17, 15) is 4.79 Å². The van der Waals surface area contributed by atoms with Crippen LogP contribution in [0.15, 0.2) is 41.4 Å². The highest BCUT2D eigenvalue weighted by Gasteiger charge is 2.21. The minimum Gasteiger partial charge on any atom is -0.320 e. The van der Waals surface area contributed by atoms with Gasteiger partial charge in [0, 0.05) is 5.69 Å². The van der Waals surface area contributed by atoms with Gasteiger partial charge in [-0.25, -0.2) is 4.99 Å². The number of para-hydroxylation sites is 2. The summed E-state index contributed by atoms with van der Waals surface area (Å²) in [6.45, 7) is 21.7. The molecular formula is C30H44N2O. The van der Waals surface area contributed by atoms with Crippen LogP contribution in [0.4, 0.5) is 11.4 Å². The van der Waals surface area contributed by atoms with Crippen molar-refractivity contribution in [3.63, 3.8) is 0 Å². The minimum absolute atomic E-state index is 0.0908. The lowest BCUT2D eigenvalue weighted by Crippen LogP contribution is -2.26. The Morgan fingerprint density at radius 1 is 0.697 bits per heavy atom. The number of hydrogen-bond donors (Lipinski definition) is 1. The standard InChI is InChI=1S/C30H44N2O/c1-18(2)17-27(31-28-23(19(3)4)13-11-14-24(28)20(5)6)30(33)32-29-25(21(7)8)15-12-16-26(29)22(9)10/h11-16,18-22H,17H2,1-10H3,(H,32,33). The second kappa shape index (κ2) is 11.6. The zero-order chi connectivity index (χ0) is 24.9. The Labute approximate surface area is 202 Å². The summed E-state index contributed by atoms with van der Waals surface area (Å²) in [5, 5.41) is 3.30. The lowest BCUT2D eigenvalue weighted by Gasteiger charge is -2.22. The summed E-state index contributed by atoms with van der Waals surface area (Å²) >= 11 is 0. The van der Waals surface area contributed by atoms with E-state index in [1.165, 1.54) is 22.3 Å². The van der Waals surface area contributed by atoms with Crippen LogP contribution in [0.1, 0.15) is 122 Å². The Balaban J connectivity index is 2.64. The molecule has 3 nitrogen and oxygen atoms in total. The van der Waals surface area contributed by atoms with Gasteiger partial charge < -0.3 is 5.32 Å². The second-order valence-electron chi connectivity index (χ2n) is 10.8. The molecule has 0 atom stereocenters. The second-order valence-corrected chi connectivity index (χ2v) is 10.8. The molecule has 0 aliphatic carbocycles. The highest BCUT2D eigenvalue weighted by Crippen LogP contribution is 2.36. The van der Waals surface area contributed by atoms with Crippen LogP contribution in [0.5, 0.6) is 0 Å². The number of aliphatic imine (C=N–C) groups is 1. The molecule has 0 heterocycles. The monoisotopic (exact) mass is 448 g/mol. The first-order chi connectivity index (χ1) is 15.4. The van der Waals surface area contributed by atoms with Gasteiger partial charge in [-0.1, -0.05) is 106 Å². The number of anilines is 1. The molecule has 0 bridgehead atoms. The van der Waals surface area contributed by atoms with Crippen LogP contribution in [0.2, 0.25) is 0 Å². The summed E-state index contributed by atoms with van der Waals surface area (Å²) in [7, 11) is 0. The van der Waals surface area contributed by atoms with Gasteiger partial charge in [0.25, 0.3) is 5.91 Å². The molecule has 0 spiro atoms. The molecule has 0 aliphatic rings. The molecule has 1 N–H and O–H groups in total. The summed E-state index contributed by atoms with van der Waals surface area (Å²) in [6.07, 6.45) is 0.636. The van der Waals surface area contributed by atoms with E-state index in [2.05, 4.69) is 111 Å². The summed E-state index contributed by atoms with van der Waals surface area (Å²) in [5.74, 6) is 1.54. The SMILES string of the molecule is CC(C)CC(=Nc1c(C(C)C)cccc1C(C)C)C(=O)Nc1c(C(C)C)cccc1C(C)C. The lowest BCUT2D eigenvalue weighted by atomic mass is 9.92. The van der Waals surface area contributed by atoms with Crippen LogP contribution >= 0.6 is 0 Å². The van der Waals surface area contributed by atoms with Crippen LogP contribution in [0, 0.1) is 5.92 Å². The molecule has 0 unspecified atom stereocenters. The zero-order valence-corrected chi connectivity index (χ0v) is 22.4. The van der Waals surface area contributed by atoms with Crippen LogP contribution in [0.25, 0.3) is 0 Å². The van der Waals surface area contributed by atoms with Crippen molar-refractivity contribution >= 4 is 23.0 Å². The topological polar surface area (TPSA) is 41.5 Å². The summed E-state index contributed by atoms with van der Waals surface area (Å²) in [5.41, 5.74) is 7.25. The summed E-state index contributed by atoms with van der Waals surface area (Å²) < 4.78 is 0. The Kier molecular flexibility index (Phi) is 9.46. The maximum absolute atomic E-state index is 13.7. The fourth-order valence-electron chi connectivity index (χ4n) is 4.23. The molecule has 0 fully saturated rings. The molecule has 3 heteroatoms. The van der Waals surface area contributed by atoms with Gasteiger partial charge in [0.1, 0.15) is 5.71 Å². The van der Waals surface area contributed by atoms with Gasteiger partial charge in [-0.05, 0) is 58.3 Å². The third-order valence-electron chi connectivity index (χ3n) is 6.06. The smallest absolute Gasteiger partial charge is 0.270 e. The van der Waals surface area contributed by atoms with Crippen molar-refractivity contribution in [1.82, 2.24) is 0 Å². The minimum atomic E-state index is -0.0908. The van der Waals surface area contributed by atoms with E-state index < -0.39 is 0 Å². The van der Waals surface area contributed by atoms with Crippen molar-refractivity contribution < 1.29 is 4.79 Å². The third kappa shape index (κ3) is 6.79. The number of amides is 1. The van der Waals surface area contributed by atoms with E-state index in [-0.39, 0.29) is 5.91 Å². The van der Waals surface area contributed by atoms with Crippen LogP contribution < -0.4 is 5.32 Å². The molecule has 0 radical (unpaired) electrons. The fraction of sp³-hybridized carbons (Fsp3) is 0.533. The van der Waals surface area contributed by atoms with Crippen molar-refractivity contribution in [2.45, 2.75) is 99.3 Å². The zero-order valence-electron chi connectivity index (χ0n) is 22.4. The van der Waals surface area contributed by atoms with E-state index in [0.717, 1.165) is 11.4 Å². The van der Waals surface area contributed by atoms with E-state index in [1.807, 2.05) is 0 Å². The molecular weight excluding hydrogens is 404 g/mol. The Bertz CT molecular complexity index is 928. The fourth-order valence-corrected chi connectivity index (χ4v) is 4.23. The largest absolute Gasteiger partial charge is 0.320 e. The number of carbonyl (C=O) groups excluding carboxylic acids is 1. The molecule has 0 saturated heterocycles. The molecule has 33 heavy (non-hydrogen) atoms. The first kappa shape index (κ1) is 26.8. The average Bonchev–Trinajstić information content (AvgIpc) is 2.72. The average molecular weight is 449 g/mol. The molecule has 2 aromatic rings. The highest BCUT2D eigenvalue weighted by atomic mass is 16.1. The maximum atomic E-state index is 13.7. The molecule has 1 amide bonds. The molecule has 2 aromatic carbocycles. The van der Waals surface area contributed by atoms with Gasteiger partial charge in [-0.2, -0.15) is 0 Å². The number of nitrogens with one attached hydrogen (secondary N) is 1. The number of carbonyl (C=O) groups is 1. The maximum Gasteiger partial charge on any atom is 0.270 e. The predicted molar refractivity (Wildman–Crippen MR) is 144 cm³/mol. The molecule has 0 aliphatic heterocycles. The van der Waals surface area contributed by atoms with Crippen molar-refractivity contribution in [3.8, 4) is 0 Å². The molecule has 2 rings (SSSR count). The van der Waals surface area contributed by atoms with Crippen molar-refractivity contribution in [1.29, 1.82) is 0 Å². The predicted octanol–water partition coefficient (Wildman–Crippen LogP) is 8.94. The molecule has 0 saturated carbocycles. The van der Waals surface area contributed by atoms with E-state index >= 15 is 0 Å². The van der Waals surface area contributed by atoms with E-state index in [0.29, 0.717) is 41.7 Å². The van der Waals surface area contributed by atoms with Gasteiger partial charge >= 0.3 is 0 Å². The first-order valence-corrected chi connectivity index (χ1v) is 12.6. The Morgan fingerprint density at radius 2 is 1.09 bits per heavy atom. The Hall–Kier alpha value is -2.42. The molecule has 0 aromatic heterocycles. The Morgan fingerprint density at radius 3 is 1.45 bits per heavy atom. The van der Waals surface area contributed by atoms with Crippen molar-refractivity contribution in [3.05, 3.63) is 58.7 Å². The van der Waals surface area contributed by atoms with Gasteiger partial charge in [-0.3, -0.25) is 4.79 Å². The van der Waals surface area contributed by atoms with Crippen LogP contribution in [0.3, 0.4) is 0 Å². The number of hydrogen-bond acceptors (Lipinski definition) is 2. The third-order valence-corrected chi connectivity index (χ3v) is 6.06. The molecule has 180 valence electrons. The van der Waals surface area contributed by atoms with Gasteiger partial charge in [0.15, 0.2) is 0 Å². The van der Waals surface area contributed by atoms with Gasteiger partial charge in [0.2, 0.25) is 0 Å². The van der Waals surface area contributed by atoms with Crippen LogP contribution in [-0.2, 0) is 4.79 Å². The number of rotatable bonds is 9. The quantitative estimate of drug-likeness (QED) is 0.382. The first-order valence-electron chi connectivity index (χ1n) is 12.6. The lowest BCUT2D eigenvalue weighted by molar-refractivity contribution is -0.110. The van der Waals surface area contributed by atoms with Crippen molar-refractivity contribution in [2.75, 3.05) is 5.32 Å². The normalized spacial score (nSPS) is 12.5. The van der Waals surface area contributed by atoms with Crippen LogP contribution in [-0.4, -0.2) is 11.6 Å². The van der Waals surface area contributed by atoms with Crippen molar-refractivity contribution in [2.24, 2.45) is 10.9 Å². The highest BCUT2D eigenvalue weighted by molar-refractivity contribution is 6.43. The summed E-state index contributed by atoms with van der Waals surface area (Å²) in [4.78, 5) is 18.8. The van der Waals surface area contributed by atoms with Gasteiger partial charge in [0.05, 0.1) is 5.69 Å². The number of benzene rings is 2.